The number of ether oxygens (including phenoxy) is 3. The molecule has 0 aliphatic carbocycles. The van der Waals surface area contributed by atoms with E-state index in [1.54, 1.807) is 0 Å². The second kappa shape index (κ2) is 7.34. The summed E-state index contributed by atoms with van der Waals surface area (Å²) in [5.41, 5.74) is 0. The second-order valence-electron chi connectivity index (χ2n) is 4.29. The molecule has 0 unspecified atom stereocenters. The van der Waals surface area contributed by atoms with E-state index in [9.17, 15) is 0 Å². The molecule has 0 radical (unpaired) electrons. The standard InChI is InChI=1S/C13H19NO3.ClH/c1-14(2)7-4-8-15-11-5-3-6-12-13(11)17-10-9-16-12;/h3,5-6H,4,7-10H2,1-2H3;1H/p-1. The van der Waals surface area contributed by atoms with Gasteiger partial charge in [0.1, 0.15) is 13.2 Å². The highest BCUT2D eigenvalue weighted by Gasteiger charge is 2.16. The van der Waals surface area contributed by atoms with Crippen LogP contribution in [0.25, 0.3) is 0 Å². The number of hydrogen-bond acceptors (Lipinski definition) is 4. The number of rotatable bonds is 5. The van der Waals surface area contributed by atoms with Gasteiger partial charge >= 0.3 is 0 Å². The Morgan fingerprint density at radius 3 is 2.78 bits per heavy atom. The van der Waals surface area contributed by atoms with E-state index in [-0.39, 0.29) is 12.4 Å². The molecule has 102 valence electrons. The van der Waals surface area contributed by atoms with E-state index in [2.05, 4.69) is 19.0 Å². The molecule has 2 rings (SSSR count). The Labute approximate surface area is 114 Å². The lowest BCUT2D eigenvalue weighted by molar-refractivity contribution is -0.00000457. The number of benzene rings is 1. The number of fused-ring (bicyclic) bond motifs is 1. The van der Waals surface area contributed by atoms with E-state index in [1.165, 1.54) is 0 Å². The molecule has 0 bridgehead atoms. The maximum atomic E-state index is 5.72. The van der Waals surface area contributed by atoms with Gasteiger partial charge in [-0.1, -0.05) is 6.07 Å². The second-order valence-corrected chi connectivity index (χ2v) is 4.29. The highest BCUT2D eigenvalue weighted by atomic mass is 35.5. The smallest absolute Gasteiger partial charge is 0.203 e. The van der Waals surface area contributed by atoms with Crippen molar-refractivity contribution >= 4 is 0 Å². The Balaban J connectivity index is 0.00000162. The topological polar surface area (TPSA) is 30.9 Å². The first-order chi connectivity index (χ1) is 8.27. The normalized spacial score (nSPS) is 13.1. The summed E-state index contributed by atoms with van der Waals surface area (Å²) in [5.74, 6) is 2.30. The van der Waals surface area contributed by atoms with Gasteiger partial charge in [0.2, 0.25) is 5.75 Å². The third kappa shape index (κ3) is 3.96. The fourth-order valence-corrected chi connectivity index (χ4v) is 1.72. The molecule has 1 aliphatic heterocycles. The van der Waals surface area contributed by atoms with Gasteiger partial charge in [0.25, 0.3) is 0 Å². The number of hydrogen-bond donors (Lipinski definition) is 0. The largest absolute Gasteiger partial charge is 1.00 e. The summed E-state index contributed by atoms with van der Waals surface area (Å²) >= 11 is 0. The molecule has 0 saturated heterocycles. The summed E-state index contributed by atoms with van der Waals surface area (Å²) in [6.45, 7) is 2.91. The van der Waals surface area contributed by atoms with Crippen LogP contribution in [-0.2, 0) is 0 Å². The van der Waals surface area contributed by atoms with Gasteiger partial charge in [-0.3, -0.25) is 0 Å². The summed E-state index contributed by atoms with van der Waals surface area (Å²) in [7, 11) is 4.11. The van der Waals surface area contributed by atoms with Crippen LogP contribution >= 0.6 is 0 Å². The first-order valence-corrected chi connectivity index (χ1v) is 5.93. The first kappa shape index (κ1) is 14.9. The van der Waals surface area contributed by atoms with Crippen molar-refractivity contribution in [3.63, 3.8) is 0 Å². The predicted octanol–water partition coefficient (Wildman–Crippen LogP) is -1.21. The van der Waals surface area contributed by atoms with Crippen LogP contribution in [0.15, 0.2) is 18.2 Å². The Morgan fingerprint density at radius 2 is 2.00 bits per heavy atom. The maximum Gasteiger partial charge on any atom is 0.203 e. The van der Waals surface area contributed by atoms with Crippen LogP contribution < -0.4 is 26.6 Å². The number of halogens is 1. The molecule has 18 heavy (non-hydrogen) atoms. The highest BCUT2D eigenvalue weighted by molar-refractivity contribution is 5.51. The quantitative estimate of drug-likeness (QED) is 0.630. The fraction of sp³-hybridized carbons (Fsp3) is 0.538. The van der Waals surface area contributed by atoms with Gasteiger partial charge in [0.05, 0.1) is 6.61 Å². The van der Waals surface area contributed by atoms with Crippen LogP contribution in [-0.4, -0.2) is 45.4 Å². The zero-order chi connectivity index (χ0) is 12.1. The van der Waals surface area contributed by atoms with Crippen LogP contribution in [0.4, 0.5) is 0 Å². The zero-order valence-electron chi connectivity index (χ0n) is 10.8. The molecular weight excluding hydrogens is 254 g/mol. The lowest BCUT2D eigenvalue weighted by Crippen LogP contribution is -3.00. The van der Waals surface area contributed by atoms with Gasteiger partial charge in [0, 0.05) is 6.54 Å². The number of nitrogens with zero attached hydrogens (tertiary/aromatic N) is 1. The van der Waals surface area contributed by atoms with E-state index in [4.69, 9.17) is 14.2 Å². The van der Waals surface area contributed by atoms with Gasteiger partial charge in [-0.2, -0.15) is 0 Å². The van der Waals surface area contributed by atoms with Crippen LogP contribution in [0.2, 0.25) is 0 Å². The summed E-state index contributed by atoms with van der Waals surface area (Å²) in [4.78, 5) is 2.14. The number of para-hydroxylation sites is 1. The molecule has 5 heteroatoms. The van der Waals surface area contributed by atoms with Gasteiger partial charge in [-0.25, -0.2) is 0 Å². The summed E-state index contributed by atoms with van der Waals surface area (Å²) in [5, 5.41) is 0. The molecule has 4 nitrogen and oxygen atoms in total. The maximum absolute atomic E-state index is 5.72. The van der Waals surface area contributed by atoms with E-state index in [0.29, 0.717) is 19.8 Å². The first-order valence-electron chi connectivity index (χ1n) is 5.93. The molecule has 0 saturated carbocycles. The lowest BCUT2D eigenvalue weighted by Gasteiger charge is -2.21. The van der Waals surface area contributed by atoms with Crippen molar-refractivity contribution in [1.29, 1.82) is 0 Å². The molecule has 0 N–H and O–H groups in total. The van der Waals surface area contributed by atoms with Crippen LogP contribution in [0, 0.1) is 0 Å². The van der Waals surface area contributed by atoms with E-state index < -0.39 is 0 Å². The zero-order valence-corrected chi connectivity index (χ0v) is 11.6. The van der Waals surface area contributed by atoms with Crippen LogP contribution in [0.3, 0.4) is 0 Å². The van der Waals surface area contributed by atoms with Crippen LogP contribution in [0.5, 0.6) is 17.2 Å². The van der Waals surface area contributed by atoms with Crippen molar-refractivity contribution in [2.24, 2.45) is 0 Å². The third-order valence-electron chi connectivity index (χ3n) is 2.54. The van der Waals surface area contributed by atoms with E-state index in [1.807, 2.05) is 18.2 Å². The Kier molecular flexibility index (Phi) is 6.09. The molecule has 0 atom stereocenters. The van der Waals surface area contributed by atoms with Gasteiger partial charge < -0.3 is 31.5 Å². The van der Waals surface area contributed by atoms with Crippen molar-refractivity contribution in [3.8, 4) is 17.2 Å². The third-order valence-corrected chi connectivity index (χ3v) is 2.54. The fourth-order valence-electron chi connectivity index (χ4n) is 1.72. The Bertz CT molecular complexity index is 371. The Morgan fingerprint density at radius 1 is 1.22 bits per heavy atom. The van der Waals surface area contributed by atoms with E-state index in [0.717, 1.165) is 30.2 Å². The van der Waals surface area contributed by atoms with Gasteiger partial charge in [-0.05, 0) is 32.6 Å². The van der Waals surface area contributed by atoms with Gasteiger partial charge in [-0.15, -0.1) is 0 Å². The average Bonchev–Trinajstić information content (AvgIpc) is 2.34. The molecule has 1 aliphatic rings. The molecule has 0 spiro atoms. The van der Waals surface area contributed by atoms with Crippen molar-refractivity contribution in [1.82, 2.24) is 4.90 Å². The molecule has 1 aromatic rings. The molecular formula is C13H19ClNO3-. The lowest BCUT2D eigenvalue weighted by atomic mass is 10.3. The summed E-state index contributed by atoms with van der Waals surface area (Å²) in [6.07, 6.45) is 0.998. The average molecular weight is 273 g/mol. The molecule has 0 fully saturated rings. The Hall–Kier alpha value is -1.13. The summed E-state index contributed by atoms with van der Waals surface area (Å²) < 4.78 is 16.8. The van der Waals surface area contributed by atoms with Crippen molar-refractivity contribution in [2.45, 2.75) is 6.42 Å². The van der Waals surface area contributed by atoms with Crippen LogP contribution in [0.1, 0.15) is 6.42 Å². The molecule has 1 heterocycles. The molecule has 1 aromatic carbocycles. The molecule has 0 aromatic heterocycles. The monoisotopic (exact) mass is 272 g/mol. The molecule has 0 amide bonds. The minimum absolute atomic E-state index is 0. The van der Waals surface area contributed by atoms with Gasteiger partial charge in [0.15, 0.2) is 11.5 Å². The van der Waals surface area contributed by atoms with Crippen molar-refractivity contribution in [2.75, 3.05) is 40.5 Å². The SMILES string of the molecule is CN(C)CCCOc1cccc2c1OCCO2.[Cl-]. The van der Waals surface area contributed by atoms with E-state index >= 15 is 0 Å². The highest BCUT2D eigenvalue weighted by Crippen LogP contribution is 2.38. The van der Waals surface area contributed by atoms with Crippen molar-refractivity contribution < 1.29 is 26.6 Å². The van der Waals surface area contributed by atoms with Crippen molar-refractivity contribution in [3.05, 3.63) is 18.2 Å². The summed E-state index contributed by atoms with van der Waals surface area (Å²) in [6, 6.07) is 5.75. The minimum atomic E-state index is 0. The minimum Gasteiger partial charge on any atom is -1.00 e. The predicted molar refractivity (Wildman–Crippen MR) is 66.1 cm³/mol.